The molecule has 3 aliphatic rings. The molecule has 3 fully saturated rings. The van der Waals surface area contributed by atoms with E-state index in [0.29, 0.717) is 11.9 Å². The smallest absolute Gasteiger partial charge is 0.310 e. The highest BCUT2D eigenvalue weighted by molar-refractivity contribution is 5.98. The first-order chi connectivity index (χ1) is 20.2. The number of carbonyl (C=O) groups is 3. The summed E-state index contributed by atoms with van der Waals surface area (Å²) in [6, 6.07) is 14.9. The Labute approximate surface area is 243 Å². The molecular formula is C31H35N5O6. The predicted octanol–water partition coefficient (Wildman–Crippen LogP) is 2.10. The van der Waals surface area contributed by atoms with Crippen LogP contribution in [-0.4, -0.2) is 89.2 Å². The first kappa shape index (κ1) is 28.0. The number of fused-ring (bicyclic) bond motifs is 2. The Morgan fingerprint density at radius 1 is 1.21 bits per heavy atom. The summed E-state index contributed by atoms with van der Waals surface area (Å²) in [5.74, 6) is -4.43. The standard InChI is InChI=1S/C31H35N5O6/c1-4-14-34(18-35-23-13-9-8-12-22(23)32-33-35)28(39)26-31-16-19(2)30(3,42-31)25(29(40)41)24(31)27(38)36(26)21(17-37)15-20-10-6-5-7-11-20/h4-13,19,21,24-26,37H,1,14-18H2,2-3H3,(H,40,41)/t19?,21-,24+,25-,26?,30+,31?/m1/s1. The maximum atomic E-state index is 14.8. The van der Waals surface area contributed by atoms with Gasteiger partial charge in [0.05, 0.1) is 29.7 Å². The zero-order chi connectivity index (χ0) is 29.8. The average molecular weight is 574 g/mol. The number of para-hydroxylation sites is 1. The second-order valence-electron chi connectivity index (χ2n) is 11.9. The number of aliphatic carboxylic acids is 1. The van der Waals surface area contributed by atoms with E-state index >= 15 is 0 Å². The summed E-state index contributed by atoms with van der Waals surface area (Å²) < 4.78 is 8.25. The van der Waals surface area contributed by atoms with Crippen molar-refractivity contribution in [1.82, 2.24) is 24.8 Å². The van der Waals surface area contributed by atoms with Gasteiger partial charge in [-0.25, -0.2) is 4.68 Å². The quantitative estimate of drug-likeness (QED) is 0.352. The molecule has 7 atom stereocenters. The molecule has 1 aromatic heterocycles. The van der Waals surface area contributed by atoms with Crippen LogP contribution in [0.4, 0.5) is 0 Å². The fourth-order valence-corrected chi connectivity index (χ4v) is 7.59. The Balaban J connectivity index is 1.45. The van der Waals surface area contributed by atoms with Gasteiger partial charge in [0.25, 0.3) is 0 Å². The summed E-state index contributed by atoms with van der Waals surface area (Å²) >= 11 is 0. The van der Waals surface area contributed by atoms with E-state index in [1.807, 2.05) is 61.5 Å². The molecule has 0 aliphatic carbocycles. The van der Waals surface area contributed by atoms with Gasteiger partial charge < -0.3 is 24.7 Å². The SMILES string of the molecule is C=CCN(Cn1nnc2ccccc21)C(=O)C1N([C@@H](CO)Cc2ccccc2)C(=O)[C@@H]2[C@H](C(=O)O)[C@@]3(C)OC12CC3C. The molecule has 2 aromatic carbocycles. The van der Waals surface area contributed by atoms with E-state index < -0.39 is 59.5 Å². The molecule has 2 bridgehead atoms. The van der Waals surface area contributed by atoms with Crippen LogP contribution in [0, 0.1) is 17.8 Å². The number of carboxylic acid groups (broad SMARTS) is 1. The summed E-state index contributed by atoms with van der Waals surface area (Å²) in [6.45, 7) is 7.25. The van der Waals surface area contributed by atoms with Crippen molar-refractivity contribution in [3.63, 3.8) is 0 Å². The van der Waals surface area contributed by atoms with Crippen molar-refractivity contribution in [2.75, 3.05) is 13.2 Å². The van der Waals surface area contributed by atoms with Gasteiger partial charge in [-0.1, -0.05) is 60.7 Å². The van der Waals surface area contributed by atoms with Crippen molar-refractivity contribution in [3.05, 3.63) is 72.8 Å². The number of carboxylic acids is 1. The number of benzene rings is 2. The van der Waals surface area contributed by atoms with Crippen molar-refractivity contribution in [1.29, 1.82) is 0 Å². The molecule has 2 N–H and O–H groups in total. The molecule has 11 nitrogen and oxygen atoms in total. The van der Waals surface area contributed by atoms with Crippen LogP contribution in [0.25, 0.3) is 11.0 Å². The minimum Gasteiger partial charge on any atom is -0.481 e. The van der Waals surface area contributed by atoms with Crippen LogP contribution in [0.1, 0.15) is 25.8 Å². The zero-order valence-corrected chi connectivity index (χ0v) is 23.7. The van der Waals surface area contributed by atoms with Crippen molar-refractivity contribution in [3.8, 4) is 0 Å². The summed E-state index contributed by atoms with van der Waals surface area (Å²) in [7, 11) is 0. The lowest BCUT2D eigenvalue weighted by Gasteiger charge is -2.39. The summed E-state index contributed by atoms with van der Waals surface area (Å²) in [5.41, 5.74) is -0.193. The minimum atomic E-state index is -1.36. The van der Waals surface area contributed by atoms with Gasteiger partial charge in [0.2, 0.25) is 11.8 Å². The van der Waals surface area contributed by atoms with Gasteiger partial charge in [-0.15, -0.1) is 11.7 Å². The van der Waals surface area contributed by atoms with Crippen LogP contribution in [0.2, 0.25) is 0 Å². The summed E-state index contributed by atoms with van der Waals surface area (Å²) in [5, 5.41) is 29.4. The second-order valence-corrected chi connectivity index (χ2v) is 11.9. The highest BCUT2D eigenvalue weighted by Gasteiger charge is 2.80. The van der Waals surface area contributed by atoms with E-state index in [9.17, 15) is 24.6 Å². The monoisotopic (exact) mass is 573 g/mol. The third kappa shape index (κ3) is 4.05. The van der Waals surface area contributed by atoms with Gasteiger partial charge in [0, 0.05) is 6.54 Å². The molecule has 220 valence electrons. The lowest BCUT2D eigenvalue weighted by Crippen LogP contribution is -2.59. The Morgan fingerprint density at radius 2 is 1.93 bits per heavy atom. The van der Waals surface area contributed by atoms with Crippen LogP contribution in [-0.2, 0) is 32.2 Å². The van der Waals surface area contributed by atoms with Crippen molar-refractivity contribution < 1.29 is 29.3 Å². The molecule has 3 aliphatic heterocycles. The van der Waals surface area contributed by atoms with Gasteiger partial charge in [0.1, 0.15) is 29.7 Å². The van der Waals surface area contributed by atoms with E-state index in [4.69, 9.17) is 4.74 Å². The molecule has 3 unspecified atom stereocenters. The van der Waals surface area contributed by atoms with Crippen LogP contribution in [0.3, 0.4) is 0 Å². The number of hydrogen-bond donors (Lipinski definition) is 2. The van der Waals surface area contributed by atoms with Gasteiger partial charge in [-0.2, -0.15) is 0 Å². The number of nitrogens with zero attached hydrogens (tertiary/aromatic N) is 5. The fourth-order valence-electron chi connectivity index (χ4n) is 7.59. The number of rotatable bonds is 10. The fraction of sp³-hybridized carbons (Fsp3) is 0.452. The first-order valence-electron chi connectivity index (χ1n) is 14.2. The second kappa shape index (κ2) is 10.3. The van der Waals surface area contributed by atoms with E-state index in [-0.39, 0.29) is 25.6 Å². The Bertz CT molecular complexity index is 1540. The van der Waals surface area contributed by atoms with Crippen molar-refractivity contribution in [2.24, 2.45) is 17.8 Å². The third-order valence-corrected chi connectivity index (χ3v) is 9.56. The molecule has 6 rings (SSSR count). The normalized spacial score (nSPS) is 30.5. The average Bonchev–Trinajstić information content (AvgIpc) is 3.65. The van der Waals surface area contributed by atoms with Crippen molar-refractivity contribution in [2.45, 2.75) is 56.6 Å². The maximum absolute atomic E-state index is 14.8. The number of carbonyl (C=O) groups excluding carboxylic acids is 2. The van der Waals surface area contributed by atoms with Crippen LogP contribution >= 0.6 is 0 Å². The number of ether oxygens (including phenoxy) is 1. The Kier molecular flexibility index (Phi) is 6.89. The molecule has 1 spiro atoms. The summed E-state index contributed by atoms with van der Waals surface area (Å²) in [4.78, 5) is 44.8. The van der Waals surface area contributed by atoms with Crippen LogP contribution in [0.15, 0.2) is 67.3 Å². The number of aromatic nitrogens is 3. The summed E-state index contributed by atoms with van der Waals surface area (Å²) in [6.07, 6.45) is 2.22. The highest BCUT2D eigenvalue weighted by atomic mass is 16.5. The largest absolute Gasteiger partial charge is 0.481 e. The topological polar surface area (TPSA) is 138 Å². The maximum Gasteiger partial charge on any atom is 0.310 e. The van der Waals surface area contributed by atoms with Gasteiger partial charge in [-0.05, 0) is 43.4 Å². The molecule has 3 aromatic rings. The molecule has 0 radical (unpaired) electrons. The minimum absolute atomic E-state index is 0.0301. The molecule has 2 amide bonds. The molecule has 4 heterocycles. The third-order valence-electron chi connectivity index (χ3n) is 9.56. The number of hydrogen-bond acceptors (Lipinski definition) is 7. The van der Waals surface area contributed by atoms with Gasteiger partial charge >= 0.3 is 5.97 Å². The predicted molar refractivity (Wildman–Crippen MR) is 152 cm³/mol. The Morgan fingerprint density at radius 3 is 2.62 bits per heavy atom. The number of likely N-dealkylation sites (tertiary alicyclic amines) is 1. The van der Waals surface area contributed by atoms with Crippen molar-refractivity contribution >= 4 is 28.8 Å². The van der Waals surface area contributed by atoms with Crippen LogP contribution < -0.4 is 0 Å². The molecular weight excluding hydrogens is 538 g/mol. The van der Waals surface area contributed by atoms with Gasteiger partial charge in [-0.3, -0.25) is 14.4 Å². The Hall–Kier alpha value is -4.09. The van der Waals surface area contributed by atoms with Crippen LogP contribution in [0.5, 0.6) is 0 Å². The van der Waals surface area contributed by atoms with E-state index in [1.54, 1.807) is 17.7 Å². The zero-order valence-electron chi connectivity index (χ0n) is 23.7. The lowest BCUT2D eigenvalue weighted by atomic mass is 9.62. The van der Waals surface area contributed by atoms with E-state index in [0.717, 1.165) is 11.1 Å². The first-order valence-corrected chi connectivity index (χ1v) is 14.2. The van der Waals surface area contributed by atoms with E-state index in [1.165, 1.54) is 9.80 Å². The number of aliphatic hydroxyl groups excluding tert-OH is 1. The molecule has 3 saturated heterocycles. The lowest BCUT2D eigenvalue weighted by molar-refractivity contribution is -0.160. The molecule has 0 saturated carbocycles. The molecule has 11 heteroatoms. The number of amides is 2. The number of aliphatic hydroxyl groups is 1. The van der Waals surface area contributed by atoms with E-state index in [2.05, 4.69) is 16.9 Å². The van der Waals surface area contributed by atoms with Gasteiger partial charge in [0.15, 0.2) is 0 Å². The highest BCUT2D eigenvalue weighted by Crippen LogP contribution is 2.65. The molecule has 42 heavy (non-hydrogen) atoms.